The molecule has 0 spiro atoms. The Bertz CT molecular complexity index is 5870. The van der Waals surface area contributed by atoms with Crippen LogP contribution in [0.1, 0.15) is 16.8 Å². The molecule has 1 aliphatic carbocycles. The molecule has 28 nitrogen and oxygen atoms in total. The number of piperazine rings is 4. The van der Waals surface area contributed by atoms with Gasteiger partial charge in [0.2, 0.25) is 35.5 Å². The van der Waals surface area contributed by atoms with E-state index in [4.69, 9.17) is 0 Å². The number of hydrogen-bond donors (Lipinski definition) is 0. The lowest BCUT2D eigenvalue weighted by atomic mass is 9.89. The highest BCUT2D eigenvalue weighted by Crippen LogP contribution is 2.39. The number of carbonyl (C=O) groups is 5. The van der Waals surface area contributed by atoms with E-state index in [0.29, 0.717) is 156 Å². The van der Waals surface area contributed by atoms with E-state index in [1.54, 1.807) is 73.0 Å². The van der Waals surface area contributed by atoms with Crippen molar-refractivity contribution in [3.63, 3.8) is 0 Å². The number of fused-ring (bicyclic) bond motifs is 4. The summed E-state index contributed by atoms with van der Waals surface area (Å²) in [5, 5.41) is 0. The van der Waals surface area contributed by atoms with Gasteiger partial charge in [0.05, 0.1) is 11.3 Å². The number of para-hydroxylation sites is 1. The van der Waals surface area contributed by atoms with Crippen molar-refractivity contribution in [3.05, 3.63) is 274 Å². The third-order valence-corrected chi connectivity index (χ3v) is 19.6. The quantitative estimate of drug-likeness (QED) is 0.0865. The molecule has 4 aliphatic heterocycles. The summed E-state index contributed by atoms with van der Waals surface area (Å²) in [7, 11) is 0. The molecular formula is C80H70F6N20O8. The second-order valence-corrected chi connectivity index (χ2v) is 26.1. The van der Waals surface area contributed by atoms with Gasteiger partial charge in [0.1, 0.15) is 82.4 Å². The number of carbonyl (C=O) groups excluding carboxylic acids is 5. The first-order valence-corrected chi connectivity index (χ1v) is 35.8. The fourth-order valence-corrected chi connectivity index (χ4v) is 13.7. The van der Waals surface area contributed by atoms with Crippen LogP contribution in [0.4, 0.5) is 49.9 Å². The van der Waals surface area contributed by atoms with E-state index in [1.807, 2.05) is 14.7 Å². The standard InChI is InChI=1S/C21H18F2N4O2.C20H17F2N5O2.C20H18FN5O2.C19H17FN6O2/c1-2-17(29)26-7-9-27(10-8-26)21-14-11-16(28)18(13-5-3-4-6-15(13)22)19(23)20(14)24-12-25-21;1-2-17(28)25-7-9-26(10-8-25)20-24-12-23-16-11-14(18(22)19(29)27(16)20)13-5-3-4-6-15(13)21;1-2-18(27)24-7-9-25(10-8-24)20-23-13-22-17-11-14(12-19(28)26(17)20)15-5-3-4-6-16(15)21;1-2-16(27)24-7-9-25(10-8-24)18-17-14(21-12-22-18)11-26(19(28)23-17)15-6-4-3-5-13(15)20/h2-6,12H,1,7-11H2;2-6,11-12H,1,7-10H2;2-6,11-13H,1,7-10H2;2-6,11-12H,1,7-10H2. The molecule has 16 rings (SSSR count). The summed E-state index contributed by atoms with van der Waals surface area (Å²) in [6.07, 6.45) is 11.7. The van der Waals surface area contributed by atoms with Gasteiger partial charge in [0, 0.05) is 151 Å². The van der Waals surface area contributed by atoms with Crippen LogP contribution in [-0.2, 0) is 30.4 Å². The lowest BCUT2D eigenvalue weighted by Gasteiger charge is -2.36. The molecule has 0 saturated carbocycles. The molecule has 0 N–H and O–H groups in total. The largest absolute Gasteiger partial charge is 0.353 e. The lowest BCUT2D eigenvalue weighted by molar-refractivity contribution is -0.127. The van der Waals surface area contributed by atoms with Crippen molar-refractivity contribution in [3.8, 4) is 27.9 Å². The maximum atomic E-state index is 15.2. The molecule has 0 bridgehead atoms. The van der Waals surface area contributed by atoms with Crippen LogP contribution in [0, 0.1) is 29.1 Å². The van der Waals surface area contributed by atoms with Gasteiger partial charge in [0.15, 0.2) is 23.2 Å². The Labute approximate surface area is 645 Å². The SMILES string of the molecule is C=CC(=O)N1CCN(c2ncnc3c2CC(=O)C(c2ccccc2F)=C3F)CC1.C=CC(=O)N1CCN(c2ncnc3cc(-c4ccccc4F)c(F)c(=O)n23)CC1.C=CC(=O)N1CCN(c2ncnc3cc(-c4ccccc4F)cc(=O)n23)CC1.C=CC(=O)N1CCN(c2ncnc3cn(-c4ccccc4F)c(=O)nc23)CC1. The number of anilines is 4. The van der Waals surface area contributed by atoms with Gasteiger partial charge in [-0.3, -0.25) is 38.1 Å². The van der Waals surface area contributed by atoms with E-state index < -0.39 is 51.9 Å². The fourth-order valence-electron chi connectivity index (χ4n) is 13.7. The van der Waals surface area contributed by atoms with Gasteiger partial charge >= 0.3 is 5.69 Å². The van der Waals surface area contributed by atoms with Gasteiger partial charge in [-0.2, -0.15) is 4.98 Å². The Morgan fingerprint density at radius 2 is 0.842 bits per heavy atom. The highest BCUT2D eigenvalue weighted by atomic mass is 19.1. The molecule has 0 unspecified atom stereocenters. The van der Waals surface area contributed by atoms with Gasteiger partial charge in [-0.25, -0.2) is 79.8 Å². The highest BCUT2D eigenvalue weighted by molar-refractivity contribution is 6.29. The van der Waals surface area contributed by atoms with Crippen molar-refractivity contribution in [1.82, 2.24) is 77.8 Å². The average Bonchev–Trinajstić information content (AvgIpc) is 0.762. The molecule has 11 heterocycles. The average molecular weight is 1550 g/mol. The van der Waals surface area contributed by atoms with Crippen LogP contribution in [0.2, 0.25) is 0 Å². The molecule has 5 aliphatic rings. The summed E-state index contributed by atoms with van der Waals surface area (Å²) in [4.78, 5) is 150. The third-order valence-electron chi connectivity index (χ3n) is 19.6. The second kappa shape index (κ2) is 34.4. The highest BCUT2D eigenvalue weighted by Gasteiger charge is 2.35. The molecule has 4 amide bonds. The molecule has 34 heteroatoms. The van der Waals surface area contributed by atoms with E-state index >= 15 is 4.39 Å². The topological polar surface area (TPSA) is 292 Å². The number of amides is 4. The zero-order valence-electron chi connectivity index (χ0n) is 61.0. The Hall–Kier alpha value is -14.2. The lowest BCUT2D eigenvalue weighted by Crippen LogP contribution is -2.49. The predicted octanol–water partition coefficient (Wildman–Crippen LogP) is 7.16. The zero-order valence-corrected chi connectivity index (χ0v) is 61.0. The molecule has 4 aromatic carbocycles. The van der Waals surface area contributed by atoms with Gasteiger partial charge in [0.25, 0.3) is 11.1 Å². The molecule has 580 valence electrons. The summed E-state index contributed by atoms with van der Waals surface area (Å²) >= 11 is 0. The molecule has 7 aromatic heterocycles. The van der Waals surface area contributed by atoms with Crippen LogP contribution in [-0.4, -0.2) is 212 Å². The van der Waals surface area contributed by atoms with E-state index in [-0.39, 0.29) is 80.8 Å². The molecule has 4 fully saturated rings. The van der Waals surface area contributed by atoms with Crippen LogP contribution in [0.25, 0.3) is 61.7 Å². The Morgan fingerprint density at radius 1 is 0.412 bits per heavy atom. The van der Waals surface area contributed by atoms with Crippen LogP contribution < -0.4 is 36.4 Å². The maximum Gasteiger partial charge on any atom is 0.353 e. The molecule has 114 heavy (non-hydrogen) atoms. The van der Waals surface area contributed by atoms with Crippen molar-refractivity contribution >= 4 is 86.7 Å². The van der Waals surface area contributed by atoms with Crippen molar-refractivity contribution < 1.29 is 50.3 Å². The summed E-state index contributed by atoms with van der Waals surface area (Å²) in [6, 6.07) is 27.9. The zero-order chi connectivity index (χ0) is 80.4. The smallest absolute Gasteiger partial charge is 0.353 e. The first kappa shape index (κ1) is 77.9. The number of rotatable bonds is 12. The van der Waals surface area contributed by atoms with Crippen LogP contribution in [0.3, 0.4) is 0 Å². The number of allylic oxidation sites excluding steroid dienone is 1. The number of pyridine rings is 2. The predicted molar refractivity (Wildman–Crippen MR) is 413 cm³/mol. The van der Waals surface area contributed by atoms with Crippen LogP contribution >= 0.6 is 0 Å². The number of nitrogens with zero attached hydrogens (tertiary/aromatic N) is 20. The minimum atomic E-state index is -1.08. The van der Waals surface area contributed by atoms with Crippen molar-refractivity contribution in [2.24, 2.45) is 0 Å². The number of hydrogen-bond acceptors (Lipinski definition) is 21. The van der Waals surface area contributed by atoms with Crippen molar-refractivity contribution in [2.75, 3.05) is 124 Å². The molecule has 0 radical (unpaired) electrons. The minimum Gasteiger partial charge on any atom is -0.353 e. The minimum absolute atomic E-state index is 0.0115. The summed E-state index contributed by atoms with van der Waals surface area (Å²) in [6.45, 7) is 21.8. The van der Waals surface area contributed by atoms with E-state index in [1.165, 1.54) is 127 Å². The second-order valence-electron chi connectivity index (χ2n) is 26.1. The number of ketones is 1. The molecule has 11 aromatic rings. The summed E-state index contributed by atoms with van der Waals surface area (Å²) in [5.74, 6) is -3.52. The number of benzene rings is 4. The van der Waals surface area contributed by atoms with Gasteiger partial charge in [-0.1, -0.05) is 93.0 Å². The van der Waals surface area contributed by atoms with Crippen LogP contribution in [0.15, 0.2) is 212 Å². The Kier molecular flexibility index (Phi) is 23.5. The van der Waals surface area contributed by atoms with Crippen LogP contribution in [0.5, 0.6) is 0 Å². The number of halogens is 6. The summed E-state index contributed by atoms with van der Waals surface area (Å²) in [5.41, 5.74) is 0.207. The van der Waals surface area contributed by atoms with Gasteiger partial charge in [-0.15, -0.1) is 0 Å². The monoisotopic (exact) mass is 1550 g/mol. The normalized spacial score (nSPS) is 14.9. The van der Waals surface area contributed by atoms with E-state index in [9.17, 15) is 60.3 Å². The van der Waals surface area contributed by atoms with Gasteiger partial charge in [-0.05, 0) is 72.3 Å². The fraction of sp³-hybridized carbons (Fsp3) is 0.212. The molecular weight excluding hydrogens is 1480 g/mol. The molecule has 0 atom stereocenters. The molecule has 4 saturated heterocycles. The van der Waals surface area contributed by atoms with E-state index in [2.05, 4.69) is 71.2 Å². The first-order chi connectivity index (χ1) is 55.2. The number of Topliss-reactive ketones (excluding diaryl/α,β-unsaturated/α-hetero) is 1. The Balaban J connectivity index is 0.000000133. The summed E-state index contributed by atoms with van der Waals surface area (Å²) < 4.78 is 90.3. The Morgan fingerprint density at radius 3 is 1.35 bits per heavy atom. The van der Waals surface area contributed by atoms with Gasteiger partial charge < -0.3 is 39.2 Å². The van der Waals surface area contributed by atoms with E-state index in [0.717, 1.165) is 8.97 Å². The van der Waals surface area contributed by atoms with Crippen molar-refractivity contribution in [1.29, 1.82) is 0 Å². The first-order valence-electron chi connectivity index (χ1n) is 35.8. The van der Waals surface area contributed by atoms with Crippen molar-refractivity contribution in [2.45, 2.75) is 6.42 Å². The maximum absolute atomic E-state index is 15.2. The number of aromatic nitrogens is 12. The third kappa shape index (κ3) is 16.2.